The maximum absolute atomic E-state index is 12.6. The number of carbonyl (C=O) groups is 1. The molecule has 172 valence electrons. The van der Waals surface area contributed by atoms with E-state index in [1.807, 2.05) is 36.4 Å². The van der Waals surface area contributed by atoms with E-state index in [0.717, 1.165) is 36.1 Å². The molecule has 8 nitrogen and oxygen atoms in total. The summed E-state index contributed by atoms with van der Waals surface area (Å²) in [6.07, 6.45) is 2.37. The SMILES string of the molecule is COc1cc2c(cc1OC)-c1cc(NCCCCNC(=O)c3ccccc3)nc(=O)n1CC2. The smallest absolute Gasteiger partial charge is 0.349 e. The number of ether oxygens (including phenoxy) is 2. The van der Waals surface area contributed by atoms with Crippen molar-refractivity contribution in [3.05, 3.63) is 70.1 Å². The van der Waals surface area contributed by atoms with Crippen LogP contribution in [0.5, 0.6) is 11.5 Å². The van der Waals surface area contributed by atoms with Crippen LogP contribution >= 0.6 is 0 Å². The van der Waals surface area contributed by atoms with E-state index in [1.165, 1.54) is 0 Å². The highest BCUT2D eigenvalue weighted by Gasteiger charge is 2.21. The molecule has 1 aliphatic heterocycles. The average Bonchev–Trinajstić information content (AvgIpc) is 2.85. The number of aromatic nitrogens is 2. The summed E-state index contributed by atoms with van der Waals surface area (Å²) in [6.45, 7) is 1.81. The van der Waals surface area contributed by atoms with Gasteiger partial charge in [-0.15, -0.1) is 0 Å². The molecule has 0 radical (unpaired) electrons. The molecule has 0 aliphatic carbocycles. The highest BCUT2D eigenvalue weighted by atomic mass is 16.5. The third-order valence-corrected chi connectivity index (χ3v) is 5.73. The van der Waals surface area contributed by atoms with E-state index in [0.29, 0.717) is 42.5 Å². The number of amides is 1. The quantitative estimate of drug-likeness (QED) is 0.489. The first-order valence-electron chi connectivity index (χ1n) is 11.0. The number of unbranched alkanes of at least 4 members (excludes halogenated alkanes) is 1. The molecule has 1 aromatic heterocycles. The first-order valence-corrected chi connectivity index (χ1v) is 11.0. The summed E-state index contributed by atoms with van der Waals surface area (Å²) >= 11 is 0. The zero-order valence-corrected chi connectivity index (χ0v) is 18.9. The Labute approximate surface area is 192 Å². The monoisotopic (exact) mass is 448 g/mol. The van der Waals surface area contributed by atoms with Crippen molar-refractivity contribution < 1.29 is 14.3 Å². The number of methoxy groups -OCH3 is 2. The number of nitrogens with zero attached hydrogens (tertiary/aromatic N) is 2. The normalized spacial score (nSPS) is 11.8. The van der Waals surface area contributed by atoms with Crippen LogP contribution in [0, 0.1) is 0 Å². The highest BCUT2D eigenvalue weighted by Crippen LogP contribution is 2.38. The predicted octanol–water partition coefficient (Wildman–Crippen LogP) is 3.11. The van der Waals surface area contributed by atoms with Gasteiger partial charge in [0.2, 0.25) is 0 Å². The van der Waals surface area contributed by atoms with Crippen molar-refractivity contribution in [3.8, 4) is 22.8 Å². The molecule has 0 spiro atoms. The average molecular weight is 449 g/mol. The van der Waals surface area contributed by atoms with Gasteiger partial charge < -0.3 is 20.1 Å². The first kappa shape index (κ1) is 22.4. The Hall–Kier alpha value is -3.81. The lowest BCUT2D eigenvalue weighted by atomic mass is 9.97. The van der Waals surface area contributed by atoms with Crippen LogP contribution in [0.4, 0.5) is 5.82 Å². The van der Waals surface area contributed by atoms with Crippen molar-refractivity contribution in [2.24, 2.45) is 0 Å². The molecule has 0 saturated carbocycles. The molecule has 8 heteroatoms. The zero-order chi connectivity index (χ0) is 23.2. The lowest BCUT2D eigenvalue weighted by molar-refractivity contribution is 0.0953. The summed E-state index contributed by atoms with van der Waals surface area (Å²) in [6, 6.07) is 15.0. The second kappa shape index (κ2) is 10.2. The van der Waals surface area contributed by atoms with Crippen LogP contribution in [-0.4, -0.2) is 42.8 Å². The number of rotatable bonds is 9. The van der Waals surface area contributed by atoms with Crippen LogP contribution in [0.3, 0.4) is 0 Å². The zero-order valence-electron chi connectivity index (χ0n) is 18.9. The van der Waals surface area contributed by atoms with E-state index >= 15 is 0 Å². The molecule has 3 aromatic rings. The van der Waals surface area contributed by atoms with Crippen LogP contribution in [0.15, 0.2) is 53.3 Å². The molecule has 0 saturated heterocycles. The standard InChI is InChI=1S/C25H28N4O4/c1-32-21-14-18-10-13-29-20(19(18)15-22(21)33-2)16-23(28-25(29)31)26-11-6-7-12-27-24(30)17-8-4-3-5-9-17/h3-5,8-9,14-16H,6-7,10-13H2,1-2H3,(H,27,30)(H,26,28,31). The number of hydrogen-bond donors (Lipinski definition) is 2. The molecule has 0 atom stereocenters. The summed E-state index contributed by atoms with van der Waals surface area (Å²) in [5.41, 5.74) is 3.26. The van der Waals surface area contributed by atoms with Crippen LogP contribution in [-0.2, 0) is 13.0 Å². The van der Waals surface area contributed by atoms with Crippen LogP contribution in [0.1, 0.15) is 28.8 Å². The van der Waals surface area contributed by atoms with Gasteiger partial charge in [-0.25, -0.2) is 4.79 Å². The van der Waals surface area contributed by atoms with Gasteiger partial charge in [-0.05, 0) is 49.1 Å². The Balaban J connectivity index is 1.37. The fraction of sp³-hybridized carbons (Fsp3) is 0.320. The molecule has 0 unspecified atom stereocenters. The minimum absolute atomic E-state index is 0.0707. The maximum atomic E-state index is 12.6. The Morgan fingerprint density at radius 3 is 2.52 bits per heavy atom. The van der Waals surface area contributed by atoms with Crippen LogP contribution in [0.2, 0.25) is 0 Å². The third-order valence-electron chi connectivity index (χ3n) is 5.73. The van der Waals surface area contributed by atoms with Crippen molar-refractivity contribution in [2.45, 2.75) is 25.8 Å². The molecule has 1 amide bonds. The van der Waals surface area contributed by atoms with E-state index in [9.17, 15) is 9.59 Å². The Kier molecular flexibility index (Phi) is 6.92. The summed E-state index contributed by atoms with van der Waals surface area (Å²) in [7, 11) is 3.21. The number of anilines is 1. The number of carbonyl (C=O) groups excluding carboxylic acids is 1. The topological polar surface area (TPSA) is 94.5 Å². The molecule has 2 N–H and O–H groups in total. The van der Waals surface area contributed by atoms with Crippen LogP contribution in [0.25, 0.3) is 11.3 Å². The van der Waals surface area contributed by atoms with Gasteiger partial charge in [-0.3, -0.25) is 9.36 Å². The van der Waals surface area contributed by atoms with E-state index in [2.05, 4.69) is 15.6 Å². The Morgan fingerprint density at radius 1 is 1.03 bits per heavy atom. The van der Waals surface area contributed by atoms with Crippen LogP contribution < -0.4 is 25.8 Å². The fourth-order valence-electron chi connectivity index (χ4n) is 3.99. The van der Waals surface area contributed by atoms with Gasteiger partial charge in [0, 0.05) is 36.8 Å². The number of hydrogen-bond acceptors (Lipinski definition) is 6. The van der Waals surface area contributed by atoms with E-state index < -0.39 is 0 Å². The number of benzene rings is 2. The summed E-state index contributed by atoms with van der Waals surface area (Å²) < 4.78 is 12.6. The highest BCUT2D eigenvalue weighted by molar-refractivity contribution is 5.94. The van der Waals surface area contributed by atoms with Gasteiger partial charge in [0.1, 0.15) is 5.82 Å². The Morgan fingerprint density at radius 2 is 1.76 bits per heavy atom. The molecule has 33 heavy (non-hydrogen) atoms. The van der Waals surface area contributed by atoms with Gasteiger partial charge in [0.05, 0.1) is 19.9 Å². The number of fused-ring (bicyclic) bond motifs is 3. The number of aryl methyl sites for hydroxylation is 1. The molecular formula is C25H28N4O4. The molecule has 2 heterocycles. The van der Waals surface area contributed by atoms with Gasteiger partial charge in [-0.2, -0.15) is 4.98 Å². The minimum atomic E-state index is -0.273. The lowest BCUT2D eigenvalue weighted by Crippen LogP contribution is -2.29. The fourth-order valence-corrected chi connectivity index (χ4v) is 3.99. The molecule has 4 rings (SSSR count). The molecule has 0 fully saturated rings. The van der Waals surface area contributed by atoms with Crippen molar-refractivity contribution in [2.75, 3.05) is 32.6 Å². The molecule has 2 aromatic carbocycles. The summed E-state index contributed by atoms with van der Waals surface area (Å²) in [5, 5.41) is 6.17. The second-order valence-electron chi connectivity index (χ2n) is 7.83. The van der Waals surface area contributed by atoms with E-state index in [1.54, 1.807) is 30.9 Å². The minimum Gasteiger partial charge on any atom is -0.493 e. The van der Waals surface area contributed by atoms with Gasteiger partial charge >= 0.3 is 5.69 Å². The van der Waals surface area contributed by atoms with E-state index in [4.69, 9.17) is 9.47 Å². The first-order chi connectivity index (χ1) is 16.1. The van der Waals surface area contributed by atoms with Gasteiger partial charge in [0.15, 0.2) is 11.5 Å². The summed E-state index contributed by atoms with van der Waals surface area (Å²) in [5.74, 6) is 1.78. The molecule has 0 bridgehead atoms. The van der Waals surface area contributed by atoms with Crippen molar-refractivity contribution >= 4 is 11.7 Å². The molecular weight excluding hydrogens is 420 g/mol. The number of nitrogens with one attached hydrogen (secondary N) is 2. The third kappa shape index (κ3) is 5.00. The second-order valence-corrected chi connectivity index (χ2v) is 7.83. The largest absolute Gasteiger partial charge is 0.493 e. The predicted molar refractivity (Wildman–Crippen MR) is 127 cm³/mol. The van der Waals surface area contributed by atoms with Gasteiger partial charge in [-0.1, -0.05) is 18.2 Å². The van der Waals surface area contributed by atoms with Gasteiger partial charge in [0.25, 0.3) is 5.91 Å². The van der Waals surface area contributed by atoms with Crippen molar-refractivity contribution in [1.82, 2.24) is 14.9 Å². The Bertz CT molecular complexity index is 1190. The lowest BCUT2D eigenvalue weighted by Gasteiger charge is -2.23. The van der Waals surface area contributed by atoms with Crippen molar-refractivity contribution in [3.63, 3.8) is 0 Å². The van der Waals surface area contributed by atoms with E-state index in [-0.39, 0.29) is 11.6 Å². The van der Waals surface area contributed by atoms with Crippen molar-refractivity contribution in [1.29, 1.82) is 0 Å². The maximum Gasteiger partial charge on any atom is 0.349 e. The molecule has 1 aliphatic rings. The summed E-state index contributed by atoms with van der Waals surface area (Å²) in [4.78, 5) is 28.9.